The summed E-state index contributed by atoms with van der Waals surface area (Å²) in [5.74, 6) is 0.799. The van der Waals surface area contributed by atoms with Crippen molar-refractivity contribution >= 4 is 11.6 Å². The zero-order chi connectivity index (χ0) is 16.5. The lowest BCUT2D eigenvalue weighted by Crippen LogP contribution is -2.39. The number of nitrogens with one attached hydrogen (secondary N) is 2. The quantitative estimate of drug-likeness (QED) is 0.731. The highest BCUT2D eigenvalue weighted by molar-refractivity contribution is 5.78. The van der Waals surface area contributed by atoms with Crippen LogP contribution in [0.25, 0.3) is 5.70 Å². The maximum Gasteiger partial charge on any atom is 0.276 e. The summed E-state index contributed by atoms with van der Waals surface area (Å²) >= 11 is 0. The second-order valence-corrected chi connectivity index (χ2v) is 4.56. The second-order valence-electron chi connectivity index (χ2n) is 4.56. The van der Waals surface area contributed by atoms with E-state index in [9.17, 15) is 4.79 Å². The number of carbonyl (C=O) groups is 1. The standard InChI is InChI=1S/C17H19N3O3/c1-3-22-15-8-4-5-9-16(15)23-12-17(21)20-19-13(2)14-7-6-10-18-11-14/h4-11,19H,2-3,12H2,1H3,(H,20,21). The van der Waals surface area contributed by atoms with E-state index in [-0.39, 0.29) is 12.5 Å². The molecule has 0 aliphatic rings. The van der Waals surface area contributed by atoms with Crippen LogP contribution in [-0.4, -0.2) is 24.1 Å². The first-order chi connectivity index (χ1) is 11.2. The number of hydrogen-bond acceptors (Lipinski definition) is 5. The second kappa shape index (κ2) is 8.43. The van der Waals surface area contributed by atoms with Gasteiger partial charge in [0.05, 0.1) is 12.3 Å². The van der Waals surface area contributed by atoms with Gasteiger partial charge in [-0.3, -0.25) is 20.6 Å². The van der Waals surface area contributed by atoms with Crippen molar-refractivity contribution in [1.82, 2.24) is 15.8 Å². The van der Waals surface area contributed by atoms with Crippen molar-refractivity contribution < 1.29 is 14.3 Å². The number of pyridine rings is 1. The summed E-state index contributed by atoms with van der Waals surface area (Å²) in [6.45, 7) is 6.10. The predicted octanol–water partition coefficient (Wildman–Crippen LogP) is 2.15. The van der Waals surface area contributed by atoms with Crippen LogP contribution in [0.5, 0.6) is 11.5 Å². The summed E-state index contributed by atoms with van der Waals surface area (Å²) in [5.41, 5.74) is 6.58. The van der Waals surface area contributed by atoms with Crippen LogP contribution in [-0.2, 0) is 4.79 Å². The molecule has 0 fully saturated rings. The fourth-order valence-electron chi connectivity index (χ4n) is 1.78. The van der Waals surface area contributed by atoms with Crippen LogP contribution in [0.1, 0.15) is 12.5 Å². The fraction of sp³-hybridized carbons (Fsp3) is 0.176. The van der Waals surface area contributed by atoms with Crippen molar-refractivity contribution in [3.05, 3.63) is 60.9 Å². The molecule has 0 unspecified atom stereocenters. The van der Waals surface area contributed by atoms with E-state index in [0.717, 1.165) is 5.56 Å². The van der Waals surface area contributed by atoms with Crippen molar-refractivity contribution in [2.24, 2.45) is 0 Å². The molecule has 0 atom stereocenters. The number of nitrogens with zero attached hydrogens (tertiary/aromatic N) is 1. The molecule has 2 aromatic rings. The lowest BCUT2D eigenvalue weighted by Gasteiger charge is -2.13. The van der Waals surface area contributed by atoms with Crippen molar-refractivity contribution in [2.45, 2.75) is 6.92 Å². The minimum absolute atomic E-state index is 0.141. The molecule has 6 nitrogen and oxygen atoms in total. The summed E-state index contributed by atoms with van der Waals surface area (Å²) in [4.78, 5) is 15.8. The Balaban J connectivity index is 1.81. The molecule has 2 rings (SSSR count). The Hall–Kier alpha value is -3.02. The number of aromatic nitrogens is 1. The molecule has 0 radical (unpaired) electrons. The summed E-state index contributed by atoms with van der Waals surface area (Å²) < 4.78 is 10.9. The molecule has 0 bridgehead atoms. The molecule has 23 heavy (non-hydrogen) atoms. The smallest absolute Gasteiger partial charge is 0.276 e. The van der Waals surface area contributed by atoms with Crippen molar-refractivity contribution in [2.75, 3.05) is 13.2 Å². The zero-order valence-electron chi connectivity index (χ0n) is 12.9. The van der Waals surface area contributed by atoms with E-state index in [1.807, 2.05) is 25.1 Å². The van der Waals surface area contributed by atoms with Crippen LogP contribution in [0.4, 0.5) is 0 Å². The highest BCUT2D eigenvalue weighted by atomic mass is 16.5. The zero-order valence-corrected chi connectivity index (χ0v) is 12.9. The third-order valence-electron chi connectivity index (χ3n) is 2.87. The van der Waals surface area contributed by atoms with Crippen LogP contribution in [0.2, 0.25) is 0 Å². The predicted molar refractivity (Wildman–Crippen MR) is 87.7 cm³/mol. The SMILES string of the molecule is C=C(NNC(=O)COc1ccccc1OCC)c1cccnc1. The van der Waals surface area contributed by atoms with Crippen molar-refractivity contribution in [3.8, 4) is 11.5 Å². The number of amides is 1. The van der Waals surface area contributed by atoms with Crippen LogP contribution in [0.3, 0.4) is 0 Å². The Morgan fingerprint density at radius 3 is 2.52 bits per heavy atom. The first-order valence-corrected chi connectivity index (χ1v) is 7.19. The van der Waals surface area contributed by atoms with Gasteiger partial charge in [-0.05, 0) is 31.2 Å². The van der Waals surface area contributed by atoms with Crippen LogP contribution >= 0.6 is 0 Å². The molecule has 0 aliphatic heterocycles. The maximum absolute atomic E-state index is 11.8. The van der Waals surface area contributed by atoms with E-state index in [1.54, 1.807) is 30.6 Å². The van der Waals surface area contributed by atoms with Gasteiger partial charge in [-0.2, -0.15) is 0 Å². The molecule has 1 heterocycles. The summed E-state index contributed by atoms with van der Waals surface area (Å²) in [7, 11) is 0. The Kier molecular flexibility index (Phi) is 5.99. The Bertz CT molecular complexity index is 659. The molecule has 1 aromatic heterocycles. The van der Waals surface area contributed by atoms with Gasteiger partial charge in [0.25, 0.3) is 5.91 Å². The van der Waals surface area contributed by atoms with Gasteiger partial charge in [0, 0.05) is 18.0 Å². The number of hydrazine groups is 1. The lowest BCUT2D eigenvalue weighted by molar-refractivity contribution is -0.123. The van der Waals surface area contributed by atoms with E-state index in [4.69, 9.17) is 9.47 Å². The van der Waals surface area contributed by atoms with Gasteiger partial charge in [-0.1, -0.05) is 18.7 Å². The molecule has 0 saturated carbocycles. The normalized spacial score (nSPS) is 9.78. The Labute approximate surface area is 135 Å². The number of rotatable bonds is 8. The molecule has 0 spiro atoms. The lowest BCUT2D eigenvalue weighted by atomic mass is 10.2. The van der Waals surface area contributed by atoms with E-state index in [0.29, 0.717) is 23.8 Å². The molecular weight excluding hydrogens is 294 g/mol. The van der Waals surface area contributed by atoms with Gasteiger partial charge in [0.2, 0.25) is 0 Å². The van der Waals surface area contributed by atoms with Crippen molar-refractivity contribution in [1.29, 1.82) is 0 Å². The largest absolute Gasteiger partial charge is 0.490 e. The average Bonchev–Trinajstić information content (AvgIpc) is 2.60. The minimum Gasteiger partial charge on any atom is -0.490 e. The topological polar surface area (TPSA) is 72.5 Å². The molecule has 2 N–H and O–H groups in total. The van der Waals surface area contributed by atoms with Gasteiger partial charge in [0.1, 0.15) is 0 Å². The van der Waals surface area contributed by atoms with Crippen LogP contribution in [0, 0.1) is 0 Å². The van der Waals surface area contributed by atoms with Gasteiger partial charge in [0.15, 0.2) is 18.1 Å². The van der Waals surface area contributed by atoms with Gasteiger partial charge < -0.3 is 9.47 Å². The average molecular weight is 313 g/mol. The molecule has 0 saturated heterocycles. The van der Waals surface area contributed by atoms with E-state index in [2.05, 4.69) is 22.4 Å². The summed E-state index contributed by atoms with van der Waals surface area (Å²) in [6.07, 6.45) is 3.31. The third kappa shape index (κ3) is 5.03. The monoisotopic (exact) mass is 313 g/mol. The highest BCUT2D eigenvalue weighted by Gasteiger charge is 2.07. The number of hydrogen-bond donors (Lipinski definition) is 2. The van der Waals surface area contributed by atoms with E-state index < -0.39 is 0 Å². The Morgan fingerprint density at radius 2 is 1.87 bits per heavy atom. The molecule has 1 amide bonds. The first kappa shape index (κ1) is 16.4. The first-order valence-electron chi connectivity index (χ1n) is 7.19. The summed E-state index contributed by atoms with van der Waals surface area (Å²) in [6, 6.07) is 10.8. The molecular formula is C17H19N3O3. The maximum atomic E-state index is 11.8. The number of para-hydroxylation sites is 2. The molecule has 6 heteroatoms. The van der Waals surface area contributed by atoms with Gasteiger partial charge in [-0.15, -0.1) is 0 Å². The molecule has 0 aliphatic carbocycles. The van der Waals surface area contributed by atoms with Crippen LogP contribution < -0.4 is 20.3 Å². The van der Waals surface area contributed by atoms with E-state index >= 15 is 0 Å². The Morgan fingerprint density at radius 1 is 1.13 bits per heavy atom. The molecule has 120 valence electrons. The third-order valence-corrected chi connectivity index (χ3v) is 2.87. The number of ether oxygens (including phenoxy) is 2. The van der Waals surface area contributed by atoms with Gasteiger partial charge in [-0.25, -0.2) is 0 Å². The fourth-order valence-corrected chi connectivity index (χ4v) is 1.78. The highest BCUT2D eigenvalue weighted by Crippen LogP contribution is 2.26. The van der Waals surface area contributed by atoms with E-state index in [1.165, 1.54) is 0 Å². The number of carbonyl (C=O) groups excluding carboxylic acids is 1. The number of benzene rings is 1. The molecule has 1 aromatic carbocycles. The minimum atomic E-state index is -0.332. The van der Waals surface area contributed by atoms with Crippen LogP contribution in [0.15, 0.2) is 55.4 Å². The summed E-state index contributed by atoms with van der Waals surface area (Å²) in [5, 5.41) is 0. The van der Waals surface area contributed by atoms with Gasteiger partial charge >= 0.3 is 0 Å². The van der Waals surface area contributed by atoms with Crippen molar-refractivity contribution in [3.63, 3.8) is 0 Å².